The molecule has 0 fully saturated rings. The second-order valence-electron chi connectivity index (χ2n) is 5.48. The highest BCUT2D eigenvalue weighted by atomic mass is 35.5. The van der Waals surface area contributed by atoms with Gasteiger partial charge in [-0.05, 0) is 43.2 Å². The largest absolute Gasteiger partial charge is 0.484 e. The molecule has 1 N–H and O–H groups in total. The topological polar surface area (TPSA) is 60.2 Å². The van der Waals surface area contributed by atoms with Gasteiger partial charge in [-0.25, -0.2) is 0 Å². The summed E-state index contributed by atoms with van der Waals surface area (Å²) in [4.78, 5) is 0. The number of para-hydroxylation sites is 1. The number of halogens is 1. The smallest absolute Gasteiger partial charge is 0.253 e. The molecule has 0 aliphatic carbocycles. The molecule has 3 rings (SSSR count). The number of nitrogens with one attached hydrogen (secondary N) is 1. The van der Waals surface area contributed by atoms with Gasteiger partial charge in [0.1, 0.15) is 5.75 Å². The highest BCUT2D eigenvalue weighted by Gasteiger charge is 2.09. The summed E-state index contributed by atoms with van der Waals surface area (Å²) in [6.07, 6.45) is 0. The quantitative estimate of drug-likeness (QED) is 0.712. The van der Waals surface area contributed by atoms with E-state index >= 15 is 0 Å². The summed E-state index contributed by atoms with van der Waals surface area (Å²) < 4.78 is 11.2. The molecule has 24 heavy (non-hydrogen) atoms. The van der Waals surface area contributed by atoms with Crippen LogP contribution in [0.15, 0.2) is 46.9 Å². The first-order chi connectivity index (χ1) is 11.6. The summed E-state index contributed by atoms with van der Waals surface area (Å²) in [5, 5.41) is 11.9. The van der Waals surface area contributed by atoms with Gasteiger partial charge in [-0.2, -0.15) is 0 Å². The Labute approximate surface area is 145 Å². The van der Waals surface area contributed by atoms with Crippen LogP contribution in [-0.2, 0) is 13.2 Å². The van der Waals surface area contributed by atoms with Crippen LogP contribution in [-0.4, -0.2) is 10.2 Å². The molecule has 0 unspecified atom stereocenters. The minimum Gasteiger partial charge on any atom is -0.484 e. The average Bonchev–Trinajstić information content (AvgIpc) is 3.01. The zero-order valence-corrected chi connectivity index (χ0v) is 14.3. The van der Waals surface area contributed by atoms with Crippen LogP contribution in [0.5, 0.6) is 5.75 Å². The molecule has 3 aromatic rings. The van der Waals surface area contributed by atoms with Crippen molar-refractivity contribution in [2.75, 3.05) is 5.32 Å². The molecule has 2 aromatic carbocycles. The zero-order valence-electron chi connectivity index (χ0n) is 13.5. The number of hydrogen-bond donors (Lipinski definition) is 1. The Morgan fingerprint density at radius 2 is 1.83 bits per heavy atom. The van der Waals surface area contributed by atoms with Gasteiger partial charge < -0.3 is 14.5 Å². The van der Waals surface area contributed by atoms with Crippen molar-refractivity contribution in [1.29, 1.82) is 0 Å². The lowest BCUT2D eigenvalue weighted by Gasteiger charge is -2.10. The van der Waals surface area contributed by atoms with Crippen molar-refractivity contribution in [3.8, 4) is 5.75 Å². The minimum atomic E-state index is 0.237. The number of hydrogen-bond acceptors (Lipinski definition) is 5. The van der Waals surface area contributed by atoms with Crippen LogP contribution in [0.25, 0.3) is 0 Å². The third kappa shape index (κ3) is 4.06. The van der Waals surface area contributed by atoms with E-state index in [0.717, 1.165) is 22.6 Å². The SMILES string of the molecule is Cc1cc(C)c(NCc2nnc(COc3ccccc3)o2)c(Cl)c1. The lowest BCUT2D eigenvalue weighted by Crippen LogP contribution is -2.02. The third-order valence-corrected chi connectivity index (χ3v) is 3.76. The number of rotatable bonds is 6. The van der Waals surface area contributed by atoms with Crippen LogP contribution >= 0.6 is 11.6 Å². The number of anilines is 1. The average molecular weight is 344 g/mol. The molecule has 5 nitrogen and oxygen atoms in total. The molecule has 124 valence electrons. The number of aromatic nitrogens is 2. The molecule has 0 aliphatic rings. The van der Waals surface area contributed by atoms with Crippen molar-refractivity contribution in [2.24, 2.45) is 0 Å². The van der Waals surface area contributed by atoms with E-state index in [4.69, 9.17) is 20.8 Å². The molecular formula is C18H18ClN3O2. The predicted molar refractivity (Wildman–Crippen MR) is 93.3 cm³/mol. The maximum absolute atomic E-state index is 6.27. The molecular weight excluding hydrogens is 326 g/mol. The van der Waals surface area contributed by atoms with Crippen LogP contribution < -0.4 is 10.1 Å². The van der Waals surface area contributed by atoms with Gasteiger partial charge in [0.05, 0.1) is 17.3 Å². The molecule has 0 saturated heterocycles. The van der Waals surface area contributed by atoms with Crippen LogP contribution in [0.3, 0.4) is 0 Å². The van der Waals surface area contributed by atoms with E-state index in [1.54, 1.807) is 0 Å². The van der Waals surface area contributed by atoms with E-state index in [2.05, 4.69) is 21.6 Å². The van der Waals surface area contributed by atoms with Gasteiger partial charge >= 0.3 is 0 Å². The maximum Gasteiger partial charge on any atom is 0.253 e. The van der Waals surface area contributed by atoms with Crippen molar-refractivity contribution >= 4 is 17.3 Å². The Morgan fingerprint density at radius 3 is 2.58 bits per heavy atom. The van der Waals surface area contributed by atoms with E-state index in [1.807, 2.05) is 50.2 Å². The highest BCUT2D eigenvalue weighted by molar-refractivity contribution is 6.33. The second-order valence-corrected chi connectivity index (χ2v) is 5.89. The first-order valence-corrected chi connectivity index (χ1v) is 7.99. The lowest BCUT2D eigenvalue weighted by atomic mass is 10.1. The lowest BCUT2D eigenvalue weighted by molar-refractivity contribution is 0.259. The molecule has 0 aliphatic heterocycles. The van der Waals surface area contributed by atoms with Crippen molar-refractivity contribution in [1.82, 2.24) is 10.2 Å². The number of aryl methyl sites for hydroxylation is 2. The molecule has 0 saturated carbocycles. The molecule has 0 atom stereocenters. The van der Waals surface area contributed by atoms with Crippen LogP contribution in [0.1, 0.15) is 22.9 Å². The molecule has 6 heteroatoms. The van der Waals surface area contributed by atoms with Crippen molar-refractivity contribution in [3.05, 3.63) is 70.4 Å². The standard InChI is InChI=1S/C18H18ClN3O2/c1-12-8-13(2)18(15(19)9-12)20-10-16-21-22-17(24-16)11-23-14-6-4-3-5-7-14/h3-9,20H,10-11H2,1-2H3. The van der Waals surface area contributed by atoms with Gasteiger partial charge in [-0.15, -0.1) is 10.2 Å². The first kappa shape index (κ1) is 16.3. The van der Waals surface area contributed by atoms with Crippen LogP contribution in [0, 0.1) is 13.8 Å². The van der Waals surface area contributed by atoms with Gasteiger partial charge in [0, 0.05) is 0 Å². The molecule has 0 amide bonds. The van der Waals surface area contributed by atoms with E-state index in [-0.39, 0.29) is 6.61 Å². The molecule has 1 heterocycles. The fraction of sp³-hybridized carbons (Fsp3) is 0.222. The van der Waals surface area contributed by atoms with E-state index in [1.165, 1.54) is 0 Å². The number of nitrogens with zero attached hydrogens (tertiary/aromatic N) is 2. The van der Waals surface area contributed by atoms with E-state index in [9.17, 15) is 0 Å². The van der Waals surface area contributed by atoms with Gasteiger partial charge in [-0.1, -0.05) is 35.9 Å². The Morgan fingerprint density at radius 1 is 1.08 bits per heavy atom. The zero-order chi connectivity index (χ0) is 16.9. The summed E-state index contributed by atoms with van der Waals surface area (Å²) in [5.74, 6) is 1.68. The van der Waals surface area contributed by atoms with Crippen LogP contribution in [0.2, 0.25) is 5.02 Å². The first-order valence-electron chi connectivity index (χ1n) is 7.61. The third-order valence-electron chi connectivity index (χ3n) is 3.46. The van der Waals surface area contributed by atoms with E-state index < -0.39 is 0 Å². The summed E-state index contributed by atoms with van der Waals surface area (Å²) in [5.41, 5.74) is 3.08. The van der Waals surface area contributed by atoms with Gasteiger partial charge in [0.15, 0.2) is 6.61 Å². The number of ether oxygens (including phenoxy) is 1. The minimum absolute atomic E-state index is 0.237. The maximum atomic E-state index is 6.27. The predicted octanol–water partition coefficient (Wildman–Crippen LogP) is 4.53. The normalized spacial score (nSPS) is 10.6. The Hall–Kier alpha value is -2.53. The monoisotopic (exact) mass is 343 g/mol. The fourth-order valence-electron chi connectivity index (χ4n) is 2.38. The molecule has 1 aromatic heterocycles. The molecule has 0 bridgehead atoms. The van der Waals surface area contributed by atoms with Gasteiger partial charge in [-0.3, -0.25) is 0 Å². The number of benzene rings is 2. The fourth-order valence-corrected chi connectivity index (χ4v) is 2.77. The van der Waals surface area contributed by atoms with Crippen molar-refractivity contribution in [3.63, 3.8) is 0 Å². The van der Waals surface area contributed by atoms with Crippen molar-refractivity contribution in [2.45, 2.75) is 27.0 Å². The van der Waals surface area contributed by atoms with Gasteiger partial charge in [0.25, 0.3) is 5.89 Å². The second kappa shape index (κ2) is 7.36. The Balaban J connectivity index is 1.58. The summed E-state index contributed by atoms with van der Waals surface area (Å²) >= 11 is 6.27. The van der Waals surface area contributed by atoms with Gasteiger partial charge in [0.2, 0.25) is 5.89 Å². The van der Waals surface area contributed by atoms with E-state index in [0.29, 0.717) is 23.3 Å². The summed E-state index contributed by atoms with van der Waals surface area (Å²) in [7, 11) is 0. The highest BCUT2D eigenvalue weighted by Crippen LogP contribution is 2.27. The molecule has 0 spiro atoms. The Kier molecular flexibility index (Phi) is 5.01. The van der Waals surface area contributed by atoms with Crippen LogP contribution in [0.4, 0.5) is 5.69 Å². The summed E-state index contributed by atoms with van der Waals surface area (Å²) in [6, 6.07) is 13.5. The van der Waals surface area contributed by atoms with Crippen molar-refractivity contribution < 1.29 is 9.15 Å². The Bertz CT molecular complexity index is 795. The molecule has 0 radical (unpaired) electrons. The summed E-state index contributed by atoms with van der Waals surface area (Å²) in [6.45, 7) is 4.66.